The number of aliphatic hydroxyl groups excluding tert-OH is 1. The van der Waals surface area contributed by atoms with Gasteiger partial charge >= 0.3 is 5.97 Å². The molecule has 0 aromatic carbocycles. The molecule has 0 spiro atoms. The average Bonchev–Trinajstić information content (AvgIpc) is 1.91. The van der Waals surface area contributed by atoms with Gasteiger partial charge in [0.05, 0.1) is 13.2 Å². The van der Waals surface area contributed by atoms with E-state index in [9.17, 15) is 4.79 Å². The summed E-state index contributed by atoms with van der Waals surface area (Å²) in [6.45, 7) is 3.18. The third kappa shape index (κ3) is 27.5. The molecule has 0 heterocycles. The van der Waals surface area contributed by atoms with E-state index in [4.69, 9.17) is 10.2 Å². The van der Waals surface area contributed by atoms with Crippen molar-refractivity contribution >= 4 is 5.97 Å². The third-order valence-corrected chi connectivity index (χ3v) is 0.384. The Morgan fingerprint density at radius 3 is 2.20 bits per heavy atom. The van der Waals surface area contributed by atoms with Crippen LogP contribution < -0.4 is 5.90 Å². The minimum atomic E-state index is -0.981. The van der Waals surface area contributed by atoms with E-state index in [1.165, 1.54) is 0 Å². The summed E-state index contributed by atoms with van der Waals surface area (Å²) in [5.74, 6) is 3.50. The minimum Gasteiger partial charge on any atom is -0.478 e. The second-order valence-corrected chi connectivity index (χ2v) is 1.14. The van der Waals surface area contributed by atoms with Crippen LogP contribution in [0.25, 0.3) is 0 Å². The van der Waals surface area contributed by atoms with Crippen molar-refractivity contribution in [3.05, 3.63) is 12.7 Å². The molecule has 10 heavy (non-hydrogen) atoms. The first-order valence-corrected chi connectivity index (χ1v) is 2.47. The van der Waals surface area contributed by atoms with Crippen molar-refractivity contribution in [2.24, 2.45) is 5.90 Å². The first-order valence-electron chi connectivity index (χ1n) is 2.47. The van der Waals surface area contributed by atoms with Crippen molar-refractivity contribution in [3.8, 4) is 0 Å². The van der Waals surface area contributed by atoms with Crippen LogP contribution in [0.1, 0.15) is 0 Å². The summed E-state index contributed by atoms with van der Waals surface area (Å²) in [5.41, 5.74) is 0. The Kier molecular flexibility index (Phi) is 13.0. The van der Waals surface area contributed by atoms with Crippen molar-refractivity contribution in [2.75, 3.05) is 13.2 Å². The van der Waals surface area contributed by atoms with Crippen LogP contribution in [0, 0.1) is 0 Å². The maximum absolute atomic E-state index is 9.25. The lowest BCUT2D eigenvalue weighted by Gasteiger charge is -1.83. The second kappa shape index (κ2) is 11.0. The van der Waals surface area contributed by atoms with Gasteiger partial charge in [0.15, 0.2) is 0 Å². The number of hydrogen-bond donors (Lipinski definition) is 3. The molecule has 0 unspecified atom stereocenters. The third-order valence-electron chi connectivity index (χ3n) is 0.384. The minimum absolute atomic E-state index is 0.00347. The first kappa shape index (κ1) is 11.8. The molecule has 0 aromatic heterocycles. The van der Waals surface area contributed by atoms with Gasteiger partial charge in [0.1, 0.15) is 0 Å². The van der Waals surface area contributed by atoms with Crippen LogP contribution >= 0.6 is 0 Å². The predicted octanol–water partition coefficient (Wildman–Crippen LogP) is -0.874. The van der Waals surface area contributed by atoms with Crippen molar-refractivity contribution in [3.63, 3.8) is 0 Å². The number of hydrogen-bond acceptors (Lipinski definition) is 4. The van der Waals surface area contributed by atoms with E-state index in [1.807, 2.05) is 0 Å². The van der Waals surface area contributed by atoms with Gasteiger partial charge in [-0.25, -0.2) is 10.7 Å². The molecule has 0 aliphatic heterocycles. The number of rotatable bonds is 3. The maximum Gasteiger partial charge on any atom is 0.327 e. The fourth-order valence-electron chi connectivity index (χ4n) is 0.0527. The van der Waals surface area contributed by atoms with E-state index in [0.717, 1.165) is 6.08 Å². The number of carboxylic acids is 1. The molecule has 0 aliphatic rings. The summed E-state index contributed by atoms with van der Waals surface area (Å²) < 4.78 is 0. The van der Waals surface area contributed by atoms with Gasteiger partial charge < -0.3 is 15.1 Å². The standard InChI is InChI=1S/C3H4O2.C2H7NO2/c1-2-3(4)5;3-5-2-1-4/h2H,1H2,(H,4,5);4H,1-3H2. The van der Waals surface area contributed by atoms with Gasteiger partial charge in [-0.1, -0.05) is 6.58 Å². The quantitative estimate of drug-likeness (QED) is 0.358. The Labute approximate surface area is 58.7 Å². The zero-order chi connectivity index (χ0) is 8.41. The van der Waals surface area contributed by atoms with E-state index in [0.29, 0.717) is 0 Å². The smallest absolute Gasteiger partial charge is 0.327 e. The van der Waals surface area contributed by atoms with Crippen LogP contribution in [0.2, 0.25) is 0 Å². The van der Waals surface area contributed by atoms with Crippen molar-refractivity contribution < 1.29 is 19.8 Å². The maximum atomic E-state index is 9.25. The van der Waals surface area contributed by atoms with Crippen molar-refractivity contribution in [2.45, 2.75) is 0 Å². The van der Waals surface area contributed by atoms with Gasteiger partial charge in [-0.3, -0.25) is 0 Å². The van der Waals surface area contributed by atoms with Crippen LogP contribution in [0.5, 0.6) is 0 Å². The molecular formula is C5H11NO4. The lowest BCUT2D eigenvalue weighted by Crippen LogP contribution is -2.03. The summed E-state index contributed by atoms with van der Waals surface area (Å²) in [5, 5.41) is 15.5. The number of aliphatic carboxylic acids is 1. The zero-order valence-corrected chi connectivity index (χ0v) is 5.49. The van der Waals surface area contributed by atoms with Gasteiger partial charge in [0.25, 0.3) is 0 Å². The Hall–Kier alpha value is -0.910. The fourth-order valence-corrected chi connectivity index (χ4v) is 0.0527. The predicted molar refractivity (Wildman–Crippen MR) is 35.1 cm³/mol. The Bertz CT molecular complexity index is 91.6. The summed E-state index contributed by atoms with van der Waals surface area (Å²) in [4.78, 5) is 13.2. The molecule has 0 radical (unpaired) electrons. The van der Waals surface area contributed by atoms with Gasteiger partial charge in [-0.05, 0) is 0 Å². The van der Waals surface area contributed by atoms with Crippen LogP contribution in [-0.2, 0) is 9.63 Å². The largest absolute Gasteiger partial charge is 0.478 e. The highest BCUT2D eigenvalue weighted by Crippen LogP contribution is 1.54. The molecule has 4 N–H and O–H groups in total. The highest BCUT2D eigenvalue weighted by Gasteiger charge is 1.73. The second-order valence-electron chi connectivity index (χ2n) is 1.14. The molecule has 0 aliphatic carbocycles. The van der Waals surface area contributed by atoms with Crippen molar-refractivity contribution in [1.29, 1.82) is 0 Å². The molecular weight excluding hydrogens is 138 g/mol. The summed E-state index contributed by atoms with van der Waals surface area (Å²) in [7, 11) is 0. The van der Waals surface area contributed by atoms with E-state index in [-0.39, 0.29) is 13.2 Å². The average molecular weight is 149 g/mol. The van der Waals surface area contributed by atoms with Crippen molar-refractivity contribution in [1.82, 2.24) is 0 Å². The van der Waals surface area contributed by atoms with Gasteiger partial charge in [-0.15, -0.1) is 0 Å². The molecule has 0 fully saturated rings. The molecule has 0 atom stereocenters. The molecule has 0 amide bonds. The van der Waals surface area contributed by atoms with Crippen LogP contribution in [-0.4, -0.2) is 29.4 Å². The molecule has 60 valence electrons. The fraction of sp³-hybridized carbons (Fsp3) is 0.400. The zero-order valence-electron chi connectivity index (χ0n) is 5.49. The Morgan fingerprint density at radius 1 is 1.80 bits per heavy atom. The molecule has 0 aromatic rings. The number of nitrogens with two attached hydrogens (primary N) is 1. The van der Waals surface area contributed by atoms with Gasteiger partial charge in [0.2, 0.25) is 0 Å². The van der Waals surface area contributed by atoms with Gasteiger partial charge in [-0.2, -0.15) is 0 Å². The Morgan fingerprint density at radius 2 is 2.20 bits per heavy atom. The van der Waals surface area contributed by atoms with Crippen LogP contribution in [0.4, 0.5) is 0 Å². The number of carbonyl (C=O) groups is 1. The van der Waals surface area contributed by atoms with Crippen LogP contribution in [0.15, 0.2) is 12.7 Å². The molecule has 0 saturated carbocycles. The van der Waals surface area contributed by atoms with E-state index >= 15 is 0 Å². The normalized spacial score (nSPS) is 7.40. The van der Waals surface area contributed by atoms with E-state index < -0.39 is 5.97 Å². The van der Waals surface area contributed by atoms with Crippen LogP contribution in [0.3, 0.4) is 0 Å². The molecule has 0 bridgehead atoms. The van der Waals surface area contributed by atoms with Gasteiger partial charge in [0, 0.05) is 6.08 Å². The lowest BCUT2D eigenvalue weighted by molar-refractivity contribution is -0.131. The molecule has 5 heteroatoms. The molecule has 5 nitrogen and oxygen atoms in total. The SMILES string of the molecule is C=CC(=O)O.NOCCO. The topological polar surface area (TPSA) is 92.8 Å². The highest BCUT2D eigenvalue weighted by molar-refractivity contribution is 5.78. The number of carboxylic acid groups (broad SMARTS) is 1. The Balaban J connectivity index is 0. The molecule has 0 saturated heterocycles. The van der Waals surface area contributed by atoms with E-state index in [2.05, 4.69) is 17.3 Å². The highest BCUT2D eigenvalue weighted by atomic mass is 16.6. The first-order chi connectivity index (χ1) is 4.68. The van der Waals surface area contributed by atoms with E-state index in [1.54, 1.807) is 0 Å². The lowest BCUT2D eigenvalue weighted by atomic mass is 10.7. The number of aliphatic hydroxyl groups is 1. The summed E-state index contributed by atoms with van der Waals surface area (Å²) >= 11 is 0. The summed E-state index contributed by atoms with van der Waals surface area (Å²) in [6, 6.07) is 0. The monoisotopic (exact) mass is 149 g/mol. The molecule has 0 rings (SSSR count). The summed E-state index contributed by atoms with van der Waals surface area (Å²) in [6.07, 6.45) is 0.833.